The molecule has 2 aromatic carbocycles. The number of hydrogen-bond donors (Lipinski definition) is 0. The van der Waals surface area contributed by atoms with Gasteiger partial charge >= 0.3 is 5.97 Å². The van der Waals surface area contributed by atoms with Crippen LogP contribution in [0.4, 0.5) is 4.39 Å². The number of carbonyl (C=O) groups is 2. The van der Waals surface area contributed by atoms with Crippen molar-refractivity contribution in [1.82, 2.24) is 4.90 Å². The molecule has 0 radical (unpaired) electrons. The third-order valence-electron chi connectivity index (χ3n) is 4.90. The summed E-state index contributed by atoms with van der Waals surface area (Å²) in [5.41, 5.74) is 1.94. The Morgan fingerprint density at radius 2 is 1.97 bits per heavy atom. The molecule has 1 amide bonds. The Morgan fingerprint density at radius 3 is 2.62 bits per heavy atom. The van der Waals surface area contributed by atoms with E-state index in [1.54, 1.807) is 62.1 Å². The second-order valence-corrected chi connectivity index (χ2v) is 7.78. The predicted molar refractivity (Wildman–Crippen MR) is 110 cm³/mol. The first kappa shape index (κ1) is 21.1. The first-order chi connectivity index (χ1) is 13.8. The summed E-state index contributed by atoms with van der Waals surface area (Å²) >= 11 is 6.06. The summed E-state index contributed by atoms with van der Waals surface area (Å²) in [5.74, 6) is -1.85. The number of halogens is 2. The van der Waals surface area contributed by atoms with Crippen molar-refractivity contribution in [3.8, 4) is 0 Å². The highest BCUT2D eigenvalue weighted by molar-refractivity contribution is 6.30. The highest BCUT2D eigenvalue weighted by atomic mass is 35.5. The van der Waals surface area contributed by atoms with E-state index in [0.29, 0.717) is 21.9 Å². The summed E-state index contributed by atoms with van der Waals surface area (Å²) in [6.45, 7) is 5.48. The zero-order valence-corrected chi connectivity index (χ0v) is 17.4. The molecule has 2 aromatic rings. The number of nitrogens with zero attached hydrogens (tertiary/aromatic N) is 1. The Morgan fingerprint density at radius 1 is 1.24 bits per heavy atom. The monoisotopic (exact) mass is 415 g/mol. The van der Waals surface area contributed by atoms with Gasteiger partial charge in [-0.3, -0.25) is 4.79 Å². The van der Waals surface area contributed by atoms with Gasteiger partial charge in [-0.1, -0.05) is 41.9 Å². The Kier molecular flexibility index (Phi) is 6.38. The van der Waals surface area contributed by atoms with Crippen LogP contribution in [-0.4, -0.2) is 22.9 Å². The van der Waals surface area contributed by atoms with Crippen molar-refractivity contribution >= 4 is 23.5 Å². The predicted octanol–water partition coefficient (Wildman–Crippen LogP) is 5.22. The van der Waals surface area contributed by atoms with Gasteiger partial charge in [0.1, 0.15) is 5.82 Å². The highest BCUT2D eigenvalue weighted by Crippen LogP contribution is 2.38. The molecule has 1 aliphatic rings. The third-order valence-corrected chi connectivity index (χ3v) is 5.13. The van der Waals surface area contributed by atoms with Crippen molar-refractivity contribution in [3.63, 3.8) is 0 Å². The van der Waals surface area contributed by atoms with E-state index in [0.717, 1.165) is 5.56 Å². The highest BCUT2D eigenvalue weighted by Gasteiger charge is 2.38. The summed E-state index contributed by atoms with van der Waals surface area (Å²) in [5, 5.41) is 0.567. The number of esters is 1. The van der Waals surface area contributed by atoms with Crippen molar-refractivity contribution in [2.75, 3.05) is 0 Å². The third kappa shape index (κ3) is 4.67. The minimum absolute atomic E-state index is 0.0125. The smallest absolute Gasteiger partial charge is 0.336 e. The summed E-state index contributed by atoms with van der Waals surface area (Å²) in [4.78, 5) is 27.4. The molecule has 0 spiro atoms. The number of benzene rings is 2. The molecule has 1 atom stereocenters. The summed E-state index contributed by atoms with van der Waals surface area (Å²) in [7, 11) is 0. The standard InChI is InChI=1S/C23H23ClFNO3/c1-14(2)29-23(28)22-15(3)26(13-16-7-6-8-17(24)11-16)21(27)12-19(22)18-9-4-5-10-20(18)25/h4-11,14,19H,12-13H2,1-3H3/t19-/m0/s1. The minimum atomic E-state index is -0.689. The summed E-state index contributed by atoms with van der Waals surface area (Å²) in [6, 6.07) is 13.4. The molecule has 0 unspecified atom stereocenters. The zero-order chi connectivity index (χ0) is 21.1. The van der Waals surface area contributed by atoms with Gasteiger partial charge in [0.2, 0.25) is 5.91 Å². The minimum Gasteiger partial charge on any atom is -0.460 e. The average molecular weight is 416 g/mol. The number of rotatable bonds is 5. The molecule has 0 fully saturated rings. The molecule has 1 aliphatic heterocycles. The molecule has 29 heavy (non-hydrogen) atoms. The number of ether oxygens (including phenoxy) is 1. The summed E-state index contributed by atoms with van der Waals surface area (Å²) in [6.07, 6.45) is -0.343. The van der Waals surface area contributed by atoms with Crippen molar-refractivity contribution in [1.29, 1.82) is 0 Å². The molecule has 0 saturated heterocycles. The van der Waals surface area contributed by atoms with Gasteiger partial charge in [-0.15, -0.1) is 0 Å². The molecular formula is C23H23ClFNO3. The van der Waals surface area contributed by atoms with Crippen molar-refractivity contribution in [3.05, 3.63) is 81.8 Å². The van der Waals surface area contributed by atoms with E-state index in [1.807, 2.05) is 6.07 Å². The van der Waals surface area contributed by atoms with Crippen LogP contribution in [0.1, 0.15) is 44.2 Å². The zero-order valence-electron chi connectivity index (χ0n) is 16.6. The molecule has 0 aliphatic carbocycles. The van der Waals surface area contributed by atoms with Crippen molar-refractivity contribution < 1.29 is 18.7 Å². The van der Waals surface area contributed by atoms with Gasteiger partial charge in [-0.2, -0.15) is 0 Å². The van der Waals surface area contributed by atoms with Gasteiger partial charge < -0.3 is 9.64 Å². The topological polar surface area (TPSA) is 46.6 Å². The first-order valence-corrected chi connectivity index (χ1v) is 9.86. The number of allylic oxidation sites excluding steroid dienone is 1. The van der Waals surface area contributed by atoms with Crippen LogP contribution in [0, 0.1) is 5.82 Å². The number of hydrogen-bond acceptors (Lipinski definition) is 3. The van der Waals surface area contributed by atoms with Gasteiger partial charge in [-0.05, 0) is 50.1 Å². The van der Waals surface area contributed by atoms with Crippen LogP contribution < -0.4 is 0 Å². The lowest BCUT2D eigenvalue weighted by Gasteiger charge is -2.35. The molecular weight excluding hydrogens is 393 g/mol. The maximum atomic E-state index is 14.5. The van der Waals surface area contributed by atoms with Crippen LogP contribution in [0.15, 0.2) is 59.8 Å². The molecule has 6 heteroatoms. The first-order valence-electron chi connectivity index (χ1n) is 9.49. The van der Waals surface area contributed by atoms with Crippen molar-refractivity contribution in [2.45, 2.75) is 45.8 Å². The number of carbonyl (C=O) groups excluding carboxylic acids is 2. The fourth-order valence-corrected chi connectivity index (χ4v) is 3.80. The van der Waals surface area contributed by atoms with Gasteiger partial charge in [0, 0.05) is 23.1 Å². The van der Waals surface area contributed by atoms with Gasteiger partial charge in [0.15, 0.2) is 0 Å². The average Bonchev–Trinajstić information content (AvgIpc) is 2.64. The van der Waals surface area contributed by atoms with Gasteiger partial charge in [0.05, 0.1) is 18.2 Å². The quantitative estimate of drug-likeness (QED) is 0.629. The normalized spacial score (nSPS) is 17.1. The van der Waals surface area contributed by atoms with Gasteiger partial charge in [-0.25, -0.2) is 9.18 Å². The molecule has 0 N–H and O–H groups in total. The van der Waals surface area contributed by atoms with Crippen LogP contribution in [0.2, 0.25) is 5.02 Å². The van der Waals surface area contributed by atoms with Crippen LogP contribution in [-0.2, 0) is 20.9 Å². The van der Waals surface area contributed by atoms with Crippen LogP contribution in [0.25, 0.3) is 0 Å². The van der Waals surface area contributed by atoms with E-state index >= 15 is 0 Å². The molecule has 152 valence electrons. The molecule has 4 nitrogen and oxygen atoms in total. The van der Waals surface area contributed by atoms with E-state index < -0.39 is 17.7 Å². The molecule has 0 saturated carbocycles. The Hall–Kier alpha value is -2.66. The van der Waals surface area contributed by atoms with E-state index in [-0.39, 0.29) is 25.0 Å². The van der Waals surface area contributed by atoms with Crippen molar-refractivity contribution in [2.24, 2.45) is 0 Å². The SMILES string of the molecule is CC1=C(C(=O)OC(C)C)[C@H](c2ccccc2F)CC(=O)N1Cc1cccc(Cl)c1. The Bertz CT molecular complexity index is 970. The number of amides is 1. The fourth-order valence-electron chi connectivity index (χ4n) is 3.59. The van der Waals surface area contributed by atoms with Crippen LogP contribution >= 0.6 is 11.6 Å². The van der Waals surface area contributed by atoms with Crippen LogP contribution in [0.3, 0.4) is 0 Å². The second kappa shape index (κ2) is 8.78. The largest absolute Gasteiger partial charge is 0.460 e. The lowest BCUT2D eigenvalue weighted by Crippen LogP contribution is -2.38. The summed E-state index contributed by atoms with van der Waals surface area (Å²) < 4.78 is 19.9. The molecule has 1 heterocycles. The second-order valence-electron chi connectivity index (χ2n) is 7.34. The fraction of sp³-hybridized carbons (Fsp3) is 0.304. The molecule has 0 aromatic heterocycles. The maximum Gasteiger partial charge on any atom is 0.336 e. The van der Waals surface area contributed by atoms with E-state index in [9.17, 15) is 14.0 Å². The Labute approximate surface area is 174 Å². The molecule has 0 bridgehead atoms. The lowest BCUT2D eigenvalue weighted by atomic mass is 9.83. The van der Waals surface area contributed by atoms with E-state index in [1.165, 1.54) is 6.07 Å². The lowest BCUT2D eigenvalue weighted by molar-refractivity contribution is -0.143. The van der Waals surface area contributed by atoms with Gasteiger partial charge in [0.25, 0.3) is 0 Å². The Balaban J connectivity index is 2.06. The maximum absolute atomic E-state index is 14.5. The molecule has 3 rings (SSSR count). The van der Waals surface area contributed by atoms with E-state index in [4.69, 9.17) is 16.3 Å². The van der Waals surface area contributed by atoms with Crippen LogP contribution in [0.5, 0.6) is 0 Å². The van der Waals surface area contributed by atoms with E-state index in [2.05, 4.69) is 0 Å².